The topological polar surface area (TPSA) is 29.4 Å². The van der Waals surface area contributed by atoms with Crippen LogP contribution < -0.4 is 0 Å². The molecule has 0 fully saturated rings. The third-order valence-electron chi connectivity index (χ3n) is 2.82. The molecule has 5 heteroatoms. The van der Waals surface area contributed by atoms with E-state index in [2.05, 4.69) is 5.18 Å². The predicted octanol–water partition coefficient (Wildman–Crippen LogP) is 4.38. The lowest BCUT2D eigenvalue weighted by Gasteiger charge is -2.20. The standard InChI is InChI=1S/C12H16F3NO/c1-2-4-11(16-17)8-9-5-3-6-10(7-9)12(13,14)15/h3,6-7,9,11H,2,4-5,8H2,1H3. The van der Waals surface area contributed by atoms with Crippen LogP contribution in [0.2, 0.25) is 0 Å². The van der Waals surface area contributed by atoms with Crippen LogP contribution in [0.25, 0.3) is 0 Å². The van der Waals surface area contributed by atoms with Crippen molar-refractivity contribution in [1.29, 1.82) is 0 Å². The molecular weight excluding hydrogens is 231 g/mol. The Morgan fingerprint density at radius 3 is 2.76 bits per heavy atom. The maximum absolute atomic E-state index is 12.5. The molecule has 0 radical (unpaired) electrons. The van der Waals surface area contributed by atoms with Crippen molar-refractivity contribution in [2.45, 2.75) is 44.8 Å². The number of halogens is 3. The van der Waals surface area contributed by atoms with Gasteiger partial charge in [-0.15, -0.1) is 0 Å². The van der Waals surface area contributed by atoms with Crippen molar-refractivity contribution in [2.75, 3.05) is 0 Å². The zero-order chi connectivity index (χ0) is 12.9. The molecule has 0 spiro atoms. The minimum absolute atomic E-state index is 0.231. The normalized spacial score (nSPS) is 22.1. The molecule has 0 saturated carbocycles. The van der Waals surface area contributed by atoms with Crippen LogP contribution in [-0.2, 0) is 0 Å². The molecule has 0 aromatic carbocycles. The Bertz CT molecular complexity index is 320. The van der Waals surface area contributed by atoms with Crippen molar-refractivity contribution in [3.8, 4) is 0 Å². The molecule has 0 aromatic heterocycles. The van der Waals surface area contributed by atoms with Gasteiger partial charge in [0, 0.05) is 0 Å². The first-order chi connectivity index (χ1) is 7.97. The van der Waals surface area contributed by atoms with Crippen LogP contribution in [0.5, 0.6) is 0 Å². The van der Waals surface area contributed by atoms with E-state index in [0.717, 1.165) is 12.5 Å². The fourth-order valence-corrected chi connectivity index (χ4v) is 2.00. The van der Waals surface area contributed by atoms with Gasteiger partial charge in [0.15, 0.2) is 0 Å². The van der Waals surface area contributed by atoms with Gasteiger partial charge in [-0.05, 0) is 25.2 Å². The number of alkyl halides is 3. The molecule has 0 N–H and O–H groups in total. The maximum Gasteiger partial charge on any atom is 0.416 e. The largest absolute Gasteiger partial charge is 0.416 e. The molecule has 2 unspecified atom stereocenters. The molecule has 0 amide bonds. The SMILES string of the molecule is CCCC(CC1C=C(C(F)(F)F)C=CC1)N=O. The van der Waals surface area contributed by atoms with Gasteiger partial charge in [-0.25, -0.2) is 0 Å². The van der Waals surface area contributed by atoms with Gasteiger partial charge in [-0.3, -0.25) is 0 Å². The van der Waals surface area contributed by atoms with Crippen LogP contribution in [-0.4, -0.2) is 12.2 Å². The van der Waals surface area contributed by atoms with Gasteiger partial charge < -0.3 is 0 Å². The molecule has 2 atom stereocenters. The highest BCUT2D eigenvalue weighted by Gasteiger charge is 2.33. The molecule has 0 aromatic rings. The smallest absolute Gasteiger partial charge is 0.166 e. The highest BCUT2D eigenvalue weighted by Crippen LogP contribution is 2.33. The Balaban J connectivity index is 2.64. The van der Waals surface area contributed by atoms with E-state index in [1.165, 1.54) is 12.2 Å². The number of hydrogen-bond acceptors (Lipinski definition) is 2. The molecule has 1 aliphatic rings. The average molecular weight is 247 g/mol. The summed E-state index contributed by atoms with van der Waals surface area (Å²) in [5, 5.41) is 2.97. The second-order valence-corrected chi connectivity index (χ2v) is 4.30. The highest BCUT2D eigenvalue weighted by atomic mass is 19.4. The Labute approximate surface area is 98.6 Å². The molecule has 0 saturated heterocycles. The van der Waals surface area contributed by atoms with Crippen LogP contribution >= 0.6 is 0 Å². The van der Waals surface area contributed by atoms with E-state index < -0.39 is 11.7 Å². The Morgan fingerprint density at radius 1 is 1.53 bits per heavy atom. The van der Waals surface area contributed by atoms with Crippen molar-refractivity contribution >= 4 is 0 Å². The minimum atomic E-state index is -4.30. The first kappa shape index (κ1) is 13.9. The lowest BCUT2D eigenvalue weighted by Crippen LogP contribution is -2.17. The highest BCUT2D eigenvalue weighted by molar-refractivity contribution is 5.28. The van der Waals surface area contributed by atoms with Gasteiger partial charge in [-0.2, -0.15) is 18.1 Å². The molecule has 2 nitrogen and oxygen atoms in total. The van der Waals surface area contributed by atoms with Crippen molar-refractivity contribution in [1.82, 2.24) is 0 Å². The fourth-order valence-electron chi connectivity index (χ4n) is 2.00. The first-order valence-electron chi connectivity index (χ1n) is 5.75. The van der Waals surface area contributed by atoms with E-state index in [-0.39, 0.29) is 12.0 Å². The Hall–Kier alpha value is -1.13. The number of nitroso groups, excluding NO2 is 1. The van der Waals surface area contributed by atoms with E-state index in [9.17, 15) is 18.1 Å². The number of allylic oxidation sites excluding steroid dienone is 4. The molecule has 17 heavy (non-hydrogen) atoms. The van der Waals surface area contributed by atoms with Gasteiger partial charge in [0.2, 0.25) is 0 Å². The van der Waals surface area contributed by atoms with Crippen molar-refractivity contribution < 1.29 is 13.2 Å². The van der Waals surface area contributed by atoms with Crippen molar-refractivity contribution in [3.05, 3.63) is 28.7 Å². The zero-order valence-electron chi connectivity index (χ0n) is 9.70. The fraction of sp³-hybridized carbons (Fsp3) is 0.667. The first-order valence-corrected chi connectivity index (χ1v) is 5.75. The zero-order valence-corrected chi connectivity index (χ0v) is 9.70. The van der Waals surface area contributed by atoms with E-state index in [4.69, 9.17) is 0 Å². The van der Waals surface area contributed by atoms with Crippen LogP contribution in [0.1, 0.15) is 32.6 Å². The average Bonchev–Trinajstić information content (AvgIpc) is 2.28. The van der Waals surface area contributed by atoms with Crippen LogP contribution in [0, 0.1) is 10.8 Å². The lowest BCUT2D eigenvalue weighted by molar-refractivity contribution is -0.0889. The summed E-state index contributed by atoms with van der Waals surface area (Å²) in [6, 6.07) is -0.373. The Morgan fingerprint density at radius 2 is 2.24 bits per heavy atom. The Kier molecular flexibility index (Phi) is 4.90. The van der Waals surface area contributed by atoms with E-state index in [1.807, 2.05) is 6.92 Å². The van der Waals surface area contributed by atoms with Gasteiger partial charge in [0.1, 0.15) is 0 Å². The quantitative estimate of drug-likeness (QED) is 0.663. The number of rotatable bonds is 5. The summed E-state index contributed by atoms with van der Waals surface area (Å²) in [5.41, 5.74) is -0.616. The van der Waals surface area contributed by atoms with E-state index >= 15 is 0 Å². The summed E-state index contributed by atoms with van der Waals surface area (Å²) in [4.78, 5) is 10.5. The van der Waals surface area contributed by atoms with Crippen LogP contribution in [0.3, 0.4) is 0 Å². The summed E-state index contributed by atoms with van der Waals surface area (Å²) >= 11 is 0. The molecule has 96 valence electrons. The molecule has 0 aliphatic heterocycles. The van der Waals surface area contributed by atoms with Gasteiger partial charge >= 0.3 is 6.18 Å². The van der Waals surface area contributed by atoms with Crippen LogP contribution in [0.15, 0.2) is 29.0 Å². The molecule has 0 heterocycles. The van der Waals surface area contributed by atoms with E-state index in [0.29, 0.717) is 19.3 Å². The van der Waals surface area contributed by atoms with E-state index in [1.54, 1.807) is 0 Å². The second kappa shape index (κ2) is 5.98. The van der Waals surface area contributed by atoms with Gasteiger partial charge in [-0.1, -0.05) is 36.7 Å². The lowest BCUT2D eigenvalue weighted by atomic mass is 9.89. The number of hydrogen-bond donors (Lipinski definition) is 0. The molecule has 1 aliphatic carbocycles. The number of nitrogens with zero attached hydrogens (tertiary/aromatic N) is 1. The predicted molar refractivity (Wildman–Crippen MR) is 60.5 cm³/mol. The maximum atomic E-state index is 12.5. The molecule has 0 bridgehead atoms. The monoisotopic (exact) mass is 247 g/mol. The van der Waals surface area contributed by atoms with Crippen molar-refractivity contribution in [3.63, 3.8) is 0 Å². The summed E-state index contributed by atoms with van der Waals surface area (Å²) in [5.74, 6) is -0.231. The summed E-state index contributed by atoms with van der Waals surface area (Å²) < 4.78 is 37.4. The summed E-state index contributed by atoms with van der Waals surface area (Å²) in [7, 11) is 0. The van der Waals surface area contributed by atoms with Gasteiger partial charge in [0.05, 0.1) is 11.6 Å². The van der Waals surface area contributed by atoms with Crippen molar-refractivity contribution in [2.24, 2.45) is 11.1 Å². The summed E-state index contributed by atoms with van der Waals surface area (Å²) in [6.07, 6.45) is 1.93. The molecular formula is C12H16F3NO. The molecule has 1 rings (SSSR count). The van der Waals surface area contributed by atoms with Crippen LogP contribution in [0.4, 0.5) is 13.2 Å². The second-order valence-electron chi connectivity index (χ2n) is 4.30. The third-order valence-corrected chi connectivity index (χ3v) is 2.82. The minimum Gasteiger partial charge on any atom is -0.166 e. The third kappa shape index (κ3) is 4.32. The van der Waals surface area contributed by atoms with Gasteiger partial charge in [0.25, 0.3) is 0 Å². The summed E-state index contributed by atoms with van der Waals surface area (Å²) in [6.45, 7) is 1.93.